The number of halogens is 1. The maximum absolute atomic E-state index is 0. The minimum absolute atomic E-state index is 0. The smallest absolute Gasteiger partial charge is 0 e. The Bertz CT molecular complexity index is 6.00. The quantitative estimate of drug-likeness (QED) is 0.460. The molecule has 0 aromatic carbocycles. The summed E-state index contributed by atoms with van der Waals surface area (Å²) in [5.74, 6) is 0. The van der Waals surface area contributed by atoms with Gasteiger partial charge in [0.15, 0.2) is 0 Å². The fourth-order valence-corrected chi connectivity index (χ4v) is 0. The van der Waals surface area contributed by atoms with Crippen molar-refractivity contribution in [2.75, 3.05) is 0 Å². The second-order valence-corrected chi connectivity index (χ2v) is 0. The van der Waals surface area contributed by atoms with Crippen molar-refractivity contribution in [1.82, 2.24) is 0 Å². The predicted molar refractivity (Wildman–Crippen MR) is 10.9 cm³/mol. The fraction of sp³-hybridized carbons (Fsp3) is 0. The zero-order valence-corrected chi connectivity index (χ0v) is 9.07. The van der Waals surface area contributed by atoms with Crippen molar-refractivity contribution in [3.8, 4) is 0 Å². The van der Waals surface area contributed by atoms with E-state index in [2.05, 4.69) is 0 Å². The van der Waals surface area contributed by atoms with Gasteiger partial charge in [-0.2, -0.15) is 0 Å². The Kier molecular flexibility index (Phi) is 304. The van der Waals surface area contributed by atoms with Gasteiger partial charge >= 0.3 is 0 Å². The molecule has 0 fully saturated rings. The van der Waals surface area contributed by atoms with Crippen molar-refractivity contribution in [3.05, 3.63) is 0 Å². The summed E-state index contributed by atoms with van der Waals surface area (Å²) >= 11 is 0. The van der Waals surface area contributed by atoms with E-state index in [1.807, 2.05) is 0 Å². The number of hydrogen-bond acceptors (Lipinski definition) is 0. The van der Waals surface area contributed by atoms with E-state index in [4.69, 9.17) is 0 Å². The van der Waals surface area contributed by atoms with E-state index in [1.54, 1.807) is 0 Å². The Morgan fingerprint density at radius 1 is 0.750 bits per heavy atom. The fourth-order valence-electron chi connectivity index (χ4n) is 0. The molecular weight excluding hydrogens is 182 g/mol. The Morgan fingerprint density at radius 3 is 0.750 bits per heavy atom. The van der Waals surface area contributed by atoms with E-state index in [0.717, 1.165) is 0 Å². The normalized spacial score (nSPS) is 0. The van der Waals surface area contributed by atoms with Crippen molar-refractivity contribution in [1.29, 1.82) is 0 Å². The molecule has 4 heteroatoms. The van der Waals surface area contributed by atoms with Gasteiger partial charge in [-0.15, -0.1) is 12.4 Å². The van der Waals surface area contributed by atoms with Crippen LogP contribution >= 0.6 is 12.4 Å². The van der Waals surface area contributed by atoms with Crippen LogP contribution in [-0.4, -0.2) is 5.48 Å². The first-order chi connectivity index (χ1) is 0. The predicted octanol–water partition coefficient (Wildman–Crippen LogP) is -0.408. The maximum atomic E-state index is 0. The SMILES string of the molecule is Cl.O.[Zn].[Zn]. The molecule has 0 amide bonds. The Labute approximate surface area is 56.8 Å². The molecule has 0 aliphatic rings. The molecule has 2 N–H and O–H groups in total. The second-order valence-electron chi connectivity index (χ2n) is 0. The van der Waals surface area contributed by atoms with Gasteiger partial charge in [0.1, 0.15) is 0 Å². The van der Waals surface area contributed by atoms with Crippen LogP contribution in [0.2, 0.25) is 0 Å². The van der Waals surface area contributed by atoms with Crippen LogP contribution in [0.3, 0.4) is 0 Å². The van der Waals surface area contributed by atoms with E-state index in [1.165, 1.54) is 0 Å². The van der Waals surface area contributed by atoms with Gasteiger partial charge in [0, 0.05) is 39.0 Å². The van der Waals surface area contributed by atoms with E-state index < -0.39 is 0 Å². The van der Waals surface area contributed by atoms with Crippen LogP contribution in [0.25, 0.3) is 0 Å². The van der Waals surface area contributed by atoms with Gasteiger partial charge in [-0.25, -0.2) is 0 Å². The molecular formula is H3ClOZn2. The van der Waals surface area contributed by atoms with Crippen LogP contribution in [0.1, 0.15) is 0 Å². The number of hydrogen-bond donors (Lipinski definition) is 0. The molecule has 0 aliphatic carbocycles. The molecule has 0 saturated carbocycles. The molecule has 0 aliphatic heterocycles. The summed E-state index contributed by atoms with van der Waals surface area (Å²) in [5, 5.41) is 0. The van der Waals surface area contributed by atoms with E-state index >= 15 is 0 Å². The first-order valence-electron chi connectivity index (χ1n) is 0. The van der Waals surface area contributed by atoms with E-state index in [9.17, 15) is 0 Å². The number of rotatable bonds is 0. The van der Waals surface area contributed by atoms with Crippen LogP contribution in [-0.2, 0) is 39.0 Å². The molecule has 0 heterocycles. The summed E-state index contributed by atoms with van der Waals surface area (Å²) in [4.78, 5) is 0. The summed E-state index contributed by atoms with van der Waals surface area (Å²) in [7, 11) is 0. The Morgan fingerprint density at radius 2 is 0.750 bits per heavy atom. The maximum Gasteiger partial charge on any atom is 0 e. The van der Waals surface area contributed by atoms with Crippen molar-refractivity contribution in [2.24, 2.45) is 0 Å². The van der Waals surface area contributed by atoms with Gasteiger partial charge < -0.3 is 5.48 Å². The Hall–Kier alpha value is 1.50. The molecule has 0 bridgehead atoms. The van der Waals surface area contributed by atoms with Crippen molar-refractivity contribution in [3.63, 3.8) is 0 Å². The van der Waals surface area contributed by atoms with E-state index in [0.29, 0.717) is 0 Å². The molecule has 1 nitrogen and oxygen atoms in total. The molecule has 20 valence electrons. The van der Waals surface area contributed by atoms with Crippen LogP contribution in [0.4, 0.5) is 0 Å². The third-order valence-electron chi connectivity index (χ3n) is 0. The summed E-state index contributed by atoms with van der Waals surface area (Å²) in [5.41, 5.74) is 0. The average molecular weight is 185 g/mol. The molecule has 0 radical (unpaired) electrons. The summed E-state index contributed by atoms with van der Waals surface area (Å²) in [6, 6.07) is 0. The molecule has 4 heavy (non-hydrogen) atoms. The summed E-state index contributed by atoms with van der Waals surface area (Å²) < 4.78 is 0. The third-order valence-corrected chi connectivity index (χ3v) is 0. The van der Waals surface area contributed by atoms with Crippen molar-refractivity contribution < 1.29 is 44.4 Å². The minimum Gasteiger partial charge on any atom is -0.412 e. The summed E-state index contributed by atoms with van der Waals surface area (Å²) in [6.07, 6.45) is 0. The first kappa shape index (κ1) is 49.6. The molecule has 0 atom stereocenters. The van der Waals surface area contributed by atoms with Crippen molar-refractivity contribution in [2.45, 2.75) is 0 Å². The average Bonchev–Trinajstić information content (AvgIpc) is 0. The Balaban J connectivity index is 0. The van der Waals surface area contributed by atoms with Gasteiger partial charge in [0.25, 0.3) is 0 Å². The van der Waals surface area contributed by atoms with Crippen LogP contribution in [0.15, 0.2) is 0 Å². The molecule has 0 unspecified atom stereocenters. The molecule has 0 spiro atoms. The van der Waals surface area contributed by atoms with Gasteiger partial charge in [0.05, 0.1) is 0 Å². The summed E-state index contributed by atoms with van der Waals surface area (Å²) in [6.45, 7) is 0. The van der Waals surface area contributed by atoms with Crippen LogP contribution in [0, 0.1) is 0 Å². The zero-order valence-electron chi connectivity index (χ0n) is 2.32. The molecule has 0 saturated heterocycles. The van der Waals surface area contributed by atoms with Crippen LogP contribution in [0.5, 0.6) is 0 Å². The van der Waals surface area contributed by atoms with Gasteiger partial charge in [-0.1, -0.05) is 0 Å². The van der Waals surface area contributed by atoms with Gasteiger partial charge in [-0.3, -0.25) is 0 Å². The third kappa shape index (κ3) is 9.73. The van der Waals surface area contributed by atoms with Crippen LogP contribution < -0.4 is 0 Å². The molecule has 0 aromatic heterocycles. The van der Waals surface area contributed by atoms with Gasteiger partial charge in [-0.05, 0) is 0 Å². The topological polar surface area (TPSA) is 31.5 Å². The monoisotopic (exact) mass is 182 g/mol. The standard InChI is InChI=1S/ClH.H2O.2Zn/h1H;1H2;;. The second kappa shape index (κ2) is 24.5. The van der Waals surface area contributed by atoms with Crippen molar-refractivity contribution >= 4 is 12.4 Å². The molecule has 0 aromatic rings. The first-order valence-corrected chi connectivity index (χ1v) is 0. The van der Waals surface area contributed by atoms with Gasteiger partial charge in [0.2, 0.25) is 0 Å². The largest absolute Gasteiger partial charge is 0.412 e. The van der Waals surface area contributed by atoms with E-state index in [-0.39, 0.29) is 56.8 Å². The molecule has 0 rings (SSSR count). The minimum atomic E-state index is 0. The zero-order chi connectivity index (χ0) is 0.